The van der Waals surface area contributed by atoms with E-state index >= 15 is 0 Å². The van der Waals surface area contributed by atoms with E-state index in [0.717, 1.165) is 22.3 Å². The zero-order valence-corrected chi connectivity index (χ0v) is 16.4. The third-order valence-electron chi connectivity index (χ3n) is 4.76. The van der Waals surface area contributed by atoms with Crippen molar-refractivity contribution >= 4 is 28.2 Å². The van der Waals surface area contributed by atoms with E-state index in [4.69, 9.17) is 10.5 Å². The fourth-order valence-corrected chi connectivity index (χ4v) is 3.34. The zero-order valence-electron chi connectivity index (χ0n) is 16.4. The number of nitrogen functional groups attached to an aromatic ring is 1. The highest BCUT2D eigenvalue weighted by atomic mass is 19.1. The van der Waals surface area contributed by atoms with E-state index in [-0.39, 0.29) is 5.82 Å². The quantitative estimate of drug-likeness (QED) is 0.364. The van der Waals surface area contributed by atoms with Crippen molar-refractivity contribution in [3.8, 4) is 17.3 Å². The molecule has 0 bridgehead atoms. The van der Waals surface area contributed by atoms with Crippen molar-refractivity contribution in [1.82, 2.24) is 14.5 Å². The Bertz CT molecular complexity index is 1360. The predicted molar refractivity (Wildman–Crippen MR) is 119 cm³/mol. The fourth-order valence-electron chi connectivity index (χ4n) is 3.34. The van der Waals surface area contributed by atoms with Crippen LogP contribution in [0.25, 0.3) is 16.6 Å². The van der Waals surface area contributed by atoms with Crippen molar-refractivity contribution in [3.05, 3.63) is 97.1 Å². The van der Waals surface area contributed by atoms with E-state index in [9.17, 15) is 4.39 Å². The molecule has 0 saturated carbocycles. The molecule has 0 atom stereocenters. The summed E-state index contributed by atoms with van der Waals surface area (Å²) in [6.07, 6.45) is 3.57. The zero-order chi connectivity index (χ0) is 21.2. The number of halogens is 1. The molecule has 0 fully saturated rings. The van der Waals surface area contributed by atoms with E-state index in [2.05, 4.69) is 15.3 Å². The minimum Gasteiger partial charge on any atom is -0.439 e. The lowest BCUT2D eigenvalue weighted by Crippen LogP contribution is -1.99. The Morgan fingerprint density at radius 1 is 0.935 bits per heavy atom. The molecule has 3 aromatic carbocycles. The summed E-state index contributed by atoms with van der Waals surface area (Å²) in [7, 11) is 0. The van der Waals surface area contributed by atoms with Crippen LogP contribution in [0.1, 0.15) is 0 Å². The van der Waals surface area contributed by atoms with Crippen LogP contribution in [0.5, 0.6) is 11.6 Å². The van der Waals surface area contributed by atoms with E-state index in [1.54, 1.807) is 30.5 Å². The smallest absolute Gasteiger partial charge is 0.230 e. The highest BCUT2D eigenvalue weighted by Crippen LogP contribution is 2.28. The summed E-state index contributed by atoms with van der Waals surface area (Å²) in [5.74, 6) is 1.22. The standard InChI is InChI=1S/C24H18FN5O/c25-17-4-6-20(7-5-17)30-13-11-16-14-21(8-9-22(16)30)31-23-10-12-27-24(29-23)28-19-3-1-2-18(26)15-19/h1-15H,26H2,(H,27,28,29). The van der Waals surface area contributed by atoms with Crippen molar-refractivity contribution in [2.75, 3.05) is 11.1 Å². The van der Waals surface area contributed by atoms with Gasteiger partial charge in [-0.2, -0.15) is 4.98 Å². The SMILES string of the molecule is Nc1cccc(Nc2nccc(Oc3ccc4c(ccn4-c4ccc(F)cc4)c3)n2)c1. The van der Waals surface area contributed by atoms with Gasteiger partial charge in [-0.05, 0) is 66.7 Å². The van der Waals surface area contributed by atoms with Gasteiger partial charge in [0.05, 0.1) is 5.52 Å². The fraction of sp³-hybridized carbons (Fsp3) is 0. The second kappa shape index (κ2) is 7.79. The van der Waals surface area contributed by atoms with Gasteiger partial charge in [-0.15, -0.1) is 0 Å². The van der Waals surface area contributed by atoms with E-state index in [1.807, 2.05) is 53.2 Å². The summed E-state index contributed by atoms with van der Waals surface area (Å²) in [6.45, 7) is 0. The second-order valence-electron chi connectivity index (χ2n) is 6.95. The number of nitrogens with two attached hydrogens (primary N) is 1. The molecule has 5 aromatic rings. The first-order valence-electron chi connectivity index (χ1n) is 9.65. The molecule has 0 amide bonds. The van der Waals surface area contributed by atoms with Crippen LogP contribution in [-0.2, 0) is 0 Å². The normalized spacial score (nSPS) is 10.9. The summed E-state index contributed by atoms with van der Waals surface area (Å²) in [5.41, 5.74) is 9.13. The van der Waals surface area contributed by atoms with Gasteiger partial charge in [0, 0.05) is 40.9 Å². The first-order chi connectivity index (χ1) is 15.1. The van der Waals surface area contributed by atoms with Crippen LogP contribution in [0.4, 0.5) is 21.7 Å². The molecule has 0 radical (unpaired) electrons. The summed E-state index contributed by atoms with van der Waals surface area (Å²) in [4.78, 5) is 8.63. The Morgan fingerprint density at radius 3 is 2.65 bits per heavy atom. The van der Waals surface area contributed by atoms with Crippen molar-refractivity contribution in [3.63, 3.8) is 0 Å². The molecule has 0 spiro atoms. The largest absolute Gasteiger partial charge is 0.439 e. The molecule has 31 heavy (non-hydrogen) atoms. The molecule has 7 heteroatoms. The highest BCUT2D eigenvalue weighted by Gasteiger charge is 2.07. The number of hydrogen-bond acceptors (Lipinski definition) is 5. The van der Waals surface area contributed by atoms with Crippen LogP contribution in [0.2, 0.25) is 0 Å². The van der Waals surface area contributed by atoms with Crippen LogP contribution >= 0.6 is 0 Å². The summed E-state index contributed by atoms with van der Waals surface area (Å²) < 4.78 is 21.2. The Morgan fingerprint density at radius 2 is 1.81 bits per heavy atom. The van der Waals surface area contributed by atoms with Crippen LogP contribution in [-0.4, -0.2) is 14.5 Å². The minimum absolute atomic E-state index is 0.259. The van der Waals surface area contributed by atoms with Crippen LogP contribution in [0, 0.1) is 5.82 Å². The molecular weight excluding hydrogens is 393 g/mol. The Labute approximate surface area is 177 Å². The number of ether oxygens (including phenoxy) is 1. The molecule has 0 saturated heterocycles. The first-order valence-corrected chi connectivity index (χ1v) is 9.65. The molecular formula is C24H18FN5O. The minimum atomic E-state index is -0.259. The van der Waals surface area contributed by atoms with Gasteiger partial charge in [0.25, 0.3) is 0 Å². The van der Waals surface area contributed by atoms with Crippen molar-refractivity contribution < 1.29 is 9.13 Å². The van der Waals surface area contributed by atoms with Gasteiger partial charge in [0.1, 0.15) is 11.6 Å². The van der Waals surface area contributed by atoms with Gasteiger partial charge in [-0.1, -0.05) is 6.07 Å². The molecule has 0 aliphatic rings. The number of nitrogens with one attached hydrogen (secondary N) is 1. The number of anilines is 3. The van der Waals surface area contributed by atoms with Gasteiger partial charge < -0.3 is 20.4 Å². The molecule has 6 nitrogen and oxygen atoms in total. The van der Waals surface area contributed by atoms with Crippen molar-refractivity contribution in [1.29, 1.82) is 0 Å². The molecule has 2 aromatic heterocycles. The Kier molecular flexibility index (Phi) is 4.68. The number of benzene rings is 3. The average molecular weight is 411 g/mol. The molecule has 152 valence electrons. The van der Waals surface area contributed by atoms with Crippen molar-refractivity contribution in [2.24, 2.45) is 0 Å². The number of hydrogen-bond donors (Lipinski definition) is 2. The monoisotopic (exact) mass is 411 g/mol. The van der Waals surface area contributed by atoms with Crippen LogP contribution in [0.3, 0.4) is 0 Å². The third-order valence-corrected chi connectivity index (χ3v) is 4.76. The topological polar surface area (TPSA) is 78.0 Å². The summed E-state index contributed by atoms with van der Waals surface area (Å²) >= 11 is 0. The number of rotatable bonds is 5. The van der Waals surface area contributed by atoms with Gasteiger partial charge >= 0.3 is 0 Å². The average Bonchev–Trinajstić information content (AvgIpc) is 3.18. The molecule has 5 rings (SSSR count). The Hall–Kier alpha value is -4.39. The summed E-state index contributed by atoms with van der Waals surface area (Å²) in [5, 5.41) is 4.11. The van der Waals surface area contributed by atoms with Gasteiger partial charge in [-0.25, -0.2) is 9.37 Å². The van der Waals surface area contributed by atoms with Crippen LogP contribution in [0.15, 0.2) is 91.3 Å². The molecule has 2 heterocycles. The van der Waals surface area contributed by atoms with Crippen LogP contribution < -0.4 is 15.8 Å². The number of aromatic nitrogens is 3. The lowest BCUT2D eigenvalue weighted by molar-refractivity contribution is 0.463. The van der Waals surface area contributed by atoms with Crippen molar-refractivity contribution in [2.45, 2.75) is 0 Å². The third kappa shape index (κ3) is 4.02. The maximum absolute atomic E-state index is 13.2. The first kappa shape index (κ1) is 18.6. The van der Waals surface area contributed by atoms with E-state index in [1.165, 1.54) is 12.1 Å². The van der Waals surface area contributed by atoms with E-state index < -0.39 is 0 Å². The maximum atomic E-state index is 13.2. The maximum Gasteiger partial charge on any atom is 0.230 e. The molecule has 3 N–H and O–H groups in total. The molecule has 0 aliphatic heterocycles. The van der Waals surface area contributed by atoms with Gasteiger partial charge in [0.15, 0.2) is 0 Å². The second-order valence-corrected chi connectivity index (χ2v) is 6.95. The lowest BCUT2D eigenvalue weighted by Gasteiger charge is -2.09. The molecule has 0 aliphatic carbocycles. The van der Waals surface area contributed by atoms with E-state index in [0.29, 0.717) is 23.3 Å². The number of fused-ring (bicyclic) bond motifs is 1. The predicted octanol–water partition coefficient (Wildman–Crippen LogP) is 5.68. The lowest BCUT2D eigenvalue weighted by atomic mass is 10.2. The number of nitrogens with zero attached hydrogens (tertiary/aromatic N) is 3. The van der Waals surface area contributed by atoms with Gasteiger partial charge in [0.2, 0.25) is 11.8 Å². The molecule has 0 unspecified atom stereocenters. The Balaban J connectivity index is 1.37. The summed E-state index contributed by atoms with van der Waals surface area (Å²) in [6, 6.07) is 23.2. The highest BCUT2D eigenvalue weighted by molar-refractivity contribution is 5.83. The van der Waals surface area contributed by atoms with Gasteiger partial charge in [-0.3, -0.25) is 0 Å².